The maximum absolute atomic E-state index is 10.3. The number of aromatic nitrogens is 3. The molecule has 1 aromatic rings. The SMILES string of the molecule is CC(C)Oc1n[nH]c(CCC(=O)O)n1. The van der Waals surface area contributed by atoms with Gasteiger partial charge in [0, 0.05) is 6.42 Å². The first-order valence-electron chi connectivity index (χ1n) is 4.37. The van der Waals surface area contributed by atoms with E-state index in [9.17, 15) is 4.79 Å². The summed E-state index contributed by atoms with van der Waals surface area (Å²) in [5.41, 5.74) is 0. The number of hydrogen-bond acceptors (Lipinski definition) is 4. The molecule has 0 fully saturated rings. The van der Waals surface area contributed by atoms with Gasteiger partial charge in [-0.1, -0.05) is 0 Å². The van der Waals surface area contributed by atoms with E-state index in [1.54, 1.807) is 0 Å². The van der Waals surface area contributed by atoms with Crippen molar-refractivity contribution >= 4 is 5.97 Å². The summed E-state index contributed by atoms with van der Waals surface area (Å²) in [5, 5.41) is 14.8. The summed E-state index contributed by atoms with van der Waals surface area (Å²) in [4.78, 5) is 14.2. The summed E-state index contributed by atoms with van der Waals surface area (Å²) < 4.78 is 5.20. The van der Waals surface area contributed by atoms with Crippen LogP contribution in [0.25, 0.3) is 0 Å². The molecule has 0 unspecified atom stereocenters. The predicted molar refractivity (Wildman–Crippen MR) is 48.1 cm³/mol. The van der Waals surface area contributed by atoms with E-state index in [0.29, 0.717) is 12.2 Å². The minimum absolute atomic E-state index is 0.0122. The van der Waals surface area contributed by atoms with E-state index in [0.717, 1.165) is 0 Å². The van der Waals surface area contributed by atoms with Crippen molar-refractivity contribution < 1.29 is 14.6 Å². The van der Waals surface area contributed by atoms with Gasteiger partial charge in [-0.3, -0.25) is 9.89 Å². The molecule has 78 valence electrons. The third-order valence-electron chi connectivity index (χ3n) is 1.43. The highest BCUT2D eigenvalue weighted by Gasteiger charge is 2.07. The number of hydrogen-bond donors (Lipinski definition) is 2. The average molecular weight is 199 g/mol. The number of aryl methyl sites for hydroxylation is 1. The monoisotopic (exact) mass is 199 g/mol. The number of ether oxygens (including phenoxy) is 1. The number of carboxylic acid groups (broad SMARTS) is 1. The molecular formula is C8H13N3O3. The topological polar surface area (TPSA) is 88.1 Å². The van der Waals surface area contributed by atoms with Crippen LogP contribution in [0.1, 0.15) is 26.1 Å². The summed E-state index contributed by atoms with van der Waals surface area (Å²) in [6.45, 7) is 3.74. The molecule has 1 rings (SSSR count). The van der Waals surface area contributed by atoms with Crippen molar-refractivity contribution in [1.82, 2.24) is 15.2 Å². The van der Waals surface area contributed by atoms with E-state index in [1.165, 1.54) is 0 Å². The fraction of sp³-hybridized carbons (Fsp3) is 0.625. The highest BCUT2D eigenvalue weighted by Crippen LogP contribution is 2.05. The normalized spacial score (nSPS) is 10.5. The van der Waals surface area contributed by atoms with Gasteiger partial charge >= 0.3 is 12.0 Å². The van der Waals surface area contributed by atoms with Gasteiger partial charge in [0.25, 0.3) is 0 Å². The van der Waals surface area contributed by atoms with Gasteiger partial charge in [-0.15, -0.1) is 5.10 Å². The number of carbonyl (C=O) groups is 1. The minimum atomic E-state index is -0.854. The van der Waals surface area contributed by atoms with E-state index < -0.39 is 5.97 Å². The number of aliphatic carboxylic acids is 1. The van der Waals surface area contributed by atoms with Crippen molar-refractivity contribution in [2.45, 2.75) is 32.8 Å². The molecule has 0 bridgehead atoms. The fourth-order valence-corrected chi connectivity index (χ4v) is 0.878. The van der Waals surface area contributed by atoms with Crippen molar-refractivity contribution in [3.05, 3.63) is 5.82 Å². The molecule has 0 saturated heterocycles. The molecule has 6 nitrogen and oxygen atoms in total. The van der Waals surface area contributed by atoms with Crippen molar-refractivity contribution in [3.8, 4) is 6.01 Å². The Balaban J connectivity index is 2.46. The lowest BCUT2D eigenvalue weighted by Crippen LogP contribution is -2.06. The Labute approximate surface area is 81.3 Å². The van der Waals surface area contributed by atoms with Crippen molar-refractivity contribution in [3.63, 3.8) is 0 Å². The van der Waals surface area contributed by atoms with Gasteiger partial charge < -0.3 is 9.84 Å². The van der Waals surface area contributed by atoms with Crippen LogP contribution in [0.2, 0.25) is 0 Å². The molecular weight excluding hydrogens is 186 g/mol. The molecule has 0 aliphatic carbocycles. The second kappa shape index (κ2) is 4.59. The van der Waals surface area contributed by atoms with Crippen LogP contribution in [0, 0.1) is 0 Å². The predicted octanol–water partition coefficient (Wildman–Crippen LogP) is 0.609. The summed E-state index contributed by atoms with van der Waals surface area (Å²) in [7, 11) is 0. The van der Waals surface area contributed by atoms with Crippen LogP contribution < -0.4 is 4.74 Å². The molecule has 0 aliphatic heterocycles. The van der Waals surface area contributed by atoms with Crippen LogP contribution in [0.15, 0.2) is 0 Å². The number of carboxylic acids is 1. The molecule has 1 aromatic heterocycles. The standard InChI is InChI=1S/C8H13N3O3/c1-5(2)14-8-9-6(10-11-8)3-4-7(12)13/h5H,3-4H2,1-2H3,(H,12,13)(H,9,10,11). The van der Waals surface area contributed by atoms with E-state index in [4.69, 9.17) is 9.84 Å². The second-order valence-corrected chi connectivity index (χ2v) is 3.13. The molecule has 14 heavy (non-hydrogen) atoms. The number of rotatable bonds is 5. The molecule has 0 aromatic carbocycles. The first kappa shape index (κ1) is 10.5. The zero-order chi connectivity index (χ0) is 10.6. The van der Waals surface area contributed by atoms with Crippen LogP contribution in [0.5, 0.6) is 6.01 Å². The van der Waals surface area contributed by atoms with Crippen molar-refractivity contribution in [2.24, 2.45) is 0 Å². The van der Waals surface area contributed by atoms with Crippen LogP contribution in [-0.2, 0) is 11.2 Å². The Bertz CT molecular complexity index is 309. The van der Waals surface area contributed by atoms with Gasteiger partial charge in [0.15, 0.2) is 0 Å². The van der Waals surface area contributed by atoms with Gasteiger partial charge in [-0.2, -0.15) is 4.98 Å². The molecule has 0 aliphatic rings. The van der Waals surface area contributed by atoms with E-state index in [2.05, 4.69) is 15.2 Å². The van der Waals surface area contributed by atoms with Crippen LogP contribution >= 0.6 is 0 Å². The maximum Gasteiger partial charge on any atom is 0.335 e. The summed E-state index contributed by atoms with van der Waals surface area (Å²) >= 11 is 0. The number of aromatic amines is 1. The lowest BCUT2D eigenvalue weighted by Gasteiger charge is -2.02. The van der Waals surface area contributed by atoms with Gasteiger partial charge in [-0.05, 0) is 13.8 Å². The zero-order valence-electron chi connectivity index (χ0n) is 8.15. The van der Waals surface area contributed by atoms with E-state index in [-0.39, 0.29) is 18.5 Å². The number of nitrogens with one attached hydrogen (secondary N) is 1. The molecule has 0 radical (unpaired) electrons. The molecule has 2 N–H and O–H groups in total. The smallest absolute Gasteiger partial charge is 0.335 e. The lowest BCUT2D eigenvalue weighted by atomic mass is 10.3. The first-order chi connectivity index (χ1) is 6.58. The quantitative estimate of drug-likeness (QED) is 0.725. The largest absolute Gasteiger partial charge is 0.481 e. The Hall–Kier alpha value is -1.59. The highest BCUT2D eigenvalue weighted by molar-refractivity contribution is 5.66. The van der Waals surface area contributed by atoms with Gasteiger partial charge in [-0.25, -0.2) is 0 Å². The molecule has 1 heterocycles. The maximum atomic E-state index is 10.3. The van der Waals surface area contributed by atoms with Crippen LogP contribution in [0.4, 0.5) is 0 Å². The van der Waals surface area contributed by atoms with Crippen LogP contribution in [-0.4, -0.2) is 32.4 Å². The molecule has 0 saturated carbocycles. The van der Waals surface area contributed by atoms with Gasteiger partial charge in [0.2, 0.25) is 0 Å². The van der Waals surface area contributed by atoms with Crippen molar-refractivity contribution in [1.29, 1.82) is 0 Å². The lowest BCUT2D eigenvalue weighted by molar-refractivity contribution is -0.137. The molecule has 0 atom stereocenters. The molecule has 0 amide bonds. The van der Waals surface area contributed by atoms with Gasteiger partial charge in [0.1, 0.15) is 5.82 Å². The minimum Gasteiger partial charge on any atom is -0.481 e. The van der Waals surface area contributed by atoms with E-state index in [1.807, 2.05) is 13.8 Å². The second-order valence-electron chi connectivity index (χ2n) is 3.13. The Morgan fingerprint density at radius 1 is 1.64 bits per heavy atom. The van der Waals surface area contributed by atoms with Gasteiger partial charge in [0.05, 0.1) is 12.5 Å². The third-order valence-corrected chi connectivity index (χ3v) is 1.43. The summed E-state index contributed by atoms with van der Waals surface area (Å²) in [5.74, 6) is -0.323. The zero-order valence-corrected chi connectivity index (χ0v) is 8.15. The Morgan fingerprint density at radius 3 is 2.93 bits per heavy atom. The van der Waals surface area contributed by atoms with Crippen molar-refractivity contribution in [2.75, 3.05) is 0 Å². The third kappa shape index (κ3) is 3.42. The average Bonchev–Trinajstić information content (AvgIpc) is 2.47. The fourth-order valence-electron chi connectivity index (χ4n) is 0.878. The Kier molecular flexibility index (Phi) is 3.44. The number of nitrogens with zero attached hydrogens (tertiary/aromatic N) is 2. The summed E-state index contributed by atoms with van der Waals surface area (Å²) in [6.07, 6.45) is 0.387. The van der Waals surface area contributed by atoms with E-state index >= 15 is 0 Å². The molecule has 6 heteroatoms. The highest BCUT2D eigenvalue weighted by atomic mass is 16.5. The van der Waals surface area contributed by atoms with Crippen LogP contribution in [0.3, 0.4) is 0 Å². The number of H-pyrrole nitrogens is 1. The first-order valence-corrected chi connectivity index (χ1v) is 4.37. The molecule has 0 spiro atoms. The summed E-state index contributed by atoms with van der Waals surface area (Å²) in [6, 6.07) is 0.264. The Morgan fingerprint density at radius 2 is 2.36 bits per heavy atom.